The van der Waals surface area contributed by atoms with Crippen LogP contribution < -0.4 is 4.90 Å². The number of anilines is 3. The van der Waals surface area contributed by atoms with E-state index in [0.717, 1.165) is 17.1 Å². The highest BCUT2D eigenvalue weighted by atomic mass is 15.1. The summed E-state index contributed by atoms with van der Waals surface area (Å²) in [6, 6.07) is 86.3. The van der Waals surface area contributed by atoms with Gasteiger partial charge in [0.1, 0.15) is 0 Å². The first-order chi connectivity index (χ1) is 29.2. The summed E-state index contributed by atoms with van der Waals surface area (Å²) in [4.78, 5) is 2.43. The zero-order chi connectivity index (χ0) is 39.1. The predicted octanol–water partition coefficient (Wildman–Crippen LogP) is 16.4. The van der Waals surface area contributed by atoms with Gasteiger partial charge in [-0.05, 0) is 131 Å². The minimum absolute atomic E-state index is 1.09. The van der Waals surface area contributed by atoms with Crippen molar-refractivity contribution in [3.63, 3.8) is 0 Å². The Morgan fingerprint density at radius 3 is 1.54 bits per heavy atom. The first kappa shape index (κ1) is 34.5. The van der Waals surface area contributed by atoms with Gasteiger partial charge in [0.25, 0.3) is 0 Å². The van der Waals surface area contributed by atoms with E-state index in [-0.39, 0.29) is 0 Å². The summed E-state index contributed by atoms with van der Waals surface area (Å²) in [5.74, 6) is 0. The molecule has 0 aliphatic heterocycles. The van der Waals surface area contributed by atoms with E-state index < -0.39 is 0 Å². The van der Waals surface area contributed by atoms with Crippen molar-refractivity contribution in [2.75, 3.05) is 4.90 Å². The van der Waals surface area contributed by atoms with Crippen LogP contribution in [0.1, 0.15) is 0 Å². The molecular formula is C58H39N. The summed E-state index contributed by atoms with van der Waals surface area (Å²) in [6.45, 7) is 0. The second-order valence-electron chi connectivity index (χ2n) is 15.3. The maximum absolute atomic E-state index is 2.43. The van der Waals surface area contributed by atoms with Gasteiger partial charge in [0, 0.05) is 16.9 Å². The molecule has 0 heterocycles. The first-order valence-corrected chi connectivity index (χ1v) is 20.3. The first-order valence-electron chi connectivity index (χ1n) is 20.3. The number of hydrogen-bond donors (Lipinski definition) is 0. The van der Waals surface area contributed by atoms with E-state index in [2.05, 4.69) is 241 Å². The Labute approximate surface area is 344 Å². The van der Waals surface area contributed by atoms with Crippen molar-refractivity contribution in [1.29, 1.82) is 0 Å². The highest BCUT2D eigenvalue weighted by Gasteiger charge is 2.19. The maximum Gasteiger partial charge on any atom is 0.0540 e. The Morgan fingerprint density at radius 2 is 0.746 bits per heavy atom. The molecule has 0 aromatic heterocycles. The average Bonchev–Trinajstić information content (AvgIpc) is 3.32. The zero-order valence-electron chi connectivity index (χ0n) is 32.5. The van der Waals surface area contributed by atoms with E-state index in [4.69, 9.17) is 0 Å². The Hall–Kier alpha value is -7.74. The van der Waals surface area contributed by atoms with Crippen LogP contribution in [0.4, 0.5) is 17.1 Å². The Kier molecular flexibility index (Phi) is 8.56. The van der Waals surface area contributed by atoms with Gasteiger partial charge in [-0.2, -0.15) is 0 Å². The molecule has 0 amide bonds. The zero-order valence-corrected chi connectivity index (χ0v) is 32.5. The molecule has 276 valence electrons. The van der Waals surface area contributed by atoms with E-state index >= 15 is 0 Å². The molecule has 11 aromatic rings. The summed E-state index contributed by atoms with van der Waals surface area (Å²) in [7, 11) is 0. The molecule has 0 aliphatic rings. The number of rotatable bonds is 7. The number of para-hydroxylation sites is 1. The van der Waals surface area contributed by atoms with E-state index in [0.29, 0.717) is 0 Å². The van der Waals surface area contributed by atoms with E-state index in [9.17, 15) is 0 Å². The third kappa shape index (κ3) is 6.30. The van der Waals surface area contributed by atoms with Gasteiger partial charge in [-0.1, -0.05) is 188 Å². The normalized spacial score (nSPS) is 11.4. The molecule has 0 radical (unpaired) electrons. The van der Waals surface area contributed by atoms with Crippen molar-refractivity contribution in [1.82, 2.24) is 0 Å². The lowest BCUT2D eigenvalue weighted by Gasteiger charge is -2.28. The van der Waals surface area contributed by atoms with Crippen LogP contribution >= 0.6 is 0 Å². The molecule has 0 fully saturated rings. The lowest BCUT2D eigenvalue weighted by atomic mass is 9.93. The van der Waals surface area contributed by atoms with Crippen LogP contribution in [0.5, 0.6) is 0 Å². The van der Waals surface area contributed by atoms with Crippen molar-refractivity contribution in [3.05, 3.63) is 237 Å². The van der Waals surface area contributed by atoms with E-state index in [1.165, 1.54) is 87.6 Å². The molecule has 0 bridgehead atoms. The topological polar surface area (TPSA) is 3.24 Å². The lowest BCUT2D eigenvalue weighted by molar-refractivity contribution is 1.28. The Balaban J connectivity index is 1.08. The molecule has 0 unspecified atom stereocenters. The van der Waals surface area contributed by atoms with Gasteiger partial charge in [0.05, 0.1) is 5.69 Å². The fourth-order valence-electron chi connectivity index (χ4n) is 8.93. The molecule has 59 heavy (non-hydrogen) atoms. The molecule has 0 saturated carbocycles. The molecule has 0 atom stereocenters. The van der Waals surface area contributed by atoms with Gasteiger partial charge in [-0.15, -0.1) is 0 Å². The van der Waals surface area contributed by atoms with Crippen LogP contribution in [-0.4, -0.2) is 0 Å². The second kappa shape index (κ2) is 14.6. The van der Waals surface area contributed by atoms with Gasteiger partial charge >= 0.3 is 0 Å². The fraction of sp³-hybridized carbons (Fsp3) is 0. The largest absolute Gasteiger partial charge is 0.310 e. The SMILES string of the molecule is c1ccc(-c2cccc(-c3ccc(N(c4cccc(-c5cc6ccccc6c6ccccc56)c4)c4ccccc4-c4ccc5ccc6ccccc6c5c4)cc3)c2)cc1. The van der Waals surface area contributed by atoms with Crippen LogP contribution in [0.2, 0.25) is 0 Å². The van der Waals surface area contributed by atoms with Crippen molar-refractivity contribution in [2.45, 2.75) is 0 Å². The van der Waals surface area contributed by atoms with Gasteiger partial charge in [0.2, 0.25) is 0 Å². The van der Waals surface area contributed by atoms with Gasteiger partial charge < -0.3 is 4.90 Å². The lowest BCUT2D eigenvalue weighted by Crippen LogP contribution is -2.11. The van der Waals surface area contributed by atoms with Crippen LogP contribution in [0.3, 0.4) is 0 Å². The minimum Gasteiger partial charge on any atom is -0.310 e. The number of fused-ring (bicyclic) bond motifs is 6. The highest BCUT2D eigenvalue weighted by molar-refractivity contribution is 6.14. The summed E-state index contributed by atoms with van der Waals surface area (Å²) in [5, 5.41) is 10.0. The van der Waals surface area contributed by atoms with Crippen LogP contribution in [0.25, 0.3) is 87.6 Å². The summed E-state index contributed by atoms with van der Waals surface area (Å²) in [6.07, 6.45) is 0. The molecule has 0 saturated heterocycles. The molecule has 11 rings (SSSR count). The molecule has 0 aliphatic carbocycles. The number of nitrogens with zero attached hydrogens (tertiary/aromatic N) is 1. The molecule has 0 N–H and O–H groups in total. The summed E-state index contributed by atoms with van der Waals surface area (Å²) >= 11 is 0. The fourth-order valence-corrected chi connectivity index (χ4v) is 8.93. The second-order valence-corrected chi connectivity index (χ2v) is 15.3. The van der Waals surface area contributed by atoms with Crippen LogP contribution in [0.15, 0.2) is 237 Å². The van der Waals surface area contributed by atoms with Crippen molar-refractivity contribution >= 4 is 60.2 Å². The minimum atomic E-state index is 1.09. The number of hydrogen-bond acceptors (Lipinski definition) is 1. The monoisotopic (exact) mass is 749 g/mol. The Bertz CT molecular complexity index is 3320. The van der Waals surface area contributed by atoms with E-state index in [1.54, 1.807) is 0 Å². The van der Waals surface area contributed by atoms with Crippen molar-refractivity contribution in [3.8, 4) is 44.5 Å². The third-order valence-electron chi connectivity index (χ3n) is 11.8. The highest BCUT2D eigenvalue weighted by Crippen LogP contribution is 2.44. The summed E-state index contributed by atoms with van der Waals surface area (Å²) in [5.41, 5.74) is 12.9. The molecule has 0 spiro atoms. The van der Waals surface area contributed by atoms with Crippen LogP contribution in [-0.2, 0) is 0 Å². The van der Waals surface area contributed by atoms with Crippen LogP contribution in [0, 0.1) is 0 Å². The molecule has 11 aromatic carbocycles. The Morgan fingerprint density at radius 1 is 0.220 bits per heavy atom. The van der Waals surface area contributed by atoms with Gasteiger partial charge in [0.15, 0.2) is 0 Å². The molecular weight excluding hydrogens is 711 g/mol. The van der Waals surface area contributed by atoms with Gasteiger partial charge in [-0.25, -0.2) is 0 Å². The smallest absolute Gasteiger partial charge is 0.0540 e. The standard InChI is InChI=1S/C58H39N/c1-2-14-40(15-3-1)44-18-12-19-45(36-44)41-32-34-49(35-33-41)59(50-21-13-20-46(37-50)57-38-47-17-5-7-23-52(47)54-25-8-9-26-55(54)57)58-27-11-10-24-53(58)48-31-30-43-29-28-42-16-4-6-22-51(42)56(43)39-48/h1-39H. The number of benzene rings is 11. The molecule has 1 nitrogen and oxygen atoms in total. The summed E-state index contributed by atoms with van der Waals surface area (Å²) < 4.78 is 0. The van der Waals surface area contributed by atoms with E-state index in [1.807, 2.05) is 0 Å². The molecule has 1 heteroatoms. The quantitative estimate of drug-likeness (QED) is 0.147. The van der Waals surface area contributed by atoms with Crippen molar-refractivity contribution < 1.29 is 0 Å². The maximum atomic E-state index is 2.43. The average molecular weight is 750 g/mol. The predicted molar refractivity (Wildman–Crippen MR) is 253 cm³/mol. The van der Waals surface area contributed by atoms with Gasteiger partial charge in [-0.3, -0.25) is 0 Å². The van der Waals surface area contributed by atoms with Crippen molar-refractivity contribution in [2.24, 2.45) is 0 Å². The third-order valence-corrected chi connectivity index (χ3v) is 11.8.